The third kappa shape index (κ3) is 6.61. The van der Waals surface area contributed by atoms with E-state index >= 15 is 0 Å². The van der Waals surface area contributed by atoms with Gasteiger partial charge in [0, 0.05) is 20.0 Å². The van der Waals surface area contributed by atoms with E-state index in [1.165, 1.54) is 4.31 Å². The van der Waals surface area contributed by atoms with Crippen molar-refractivity contribution >= 4 is 21.9 Å². The molecule has 8 nitrogen and oxygen atoms in total. The van der Waals surface area contributed by atoms with Crippen LogP contribution in [0.15, 0.2) is 47.4 Å². The van der Waals surface area contributed by atoms with Crippen molar-refractivity contribution in [3.8, 4) is 5.75 Å². The summed E-state index contributed by atoms with van der Waals surface area (Å²) >= 11 is 0. The van der Waals surface area contributed by atoms with Crippen LogP contribution < -0.4 is 10.1 Å². The van der Waals surface area contributed by atoms with Gasteiger partial charge in [-0.05, 0) is 61.9 Å². The van der Waals surface area contributed by atoms with Crippen molar-refractivity contribution in [3.05, 3.63) is 59.2 Å². The Balaban J connectivity index is 1.92. The number of hydrogen-bond acceptors (Lipinski definition) is 6. The maximum absolute atomic E-state index is 13.5. The van der Waals surface area contributed by atoms with Crippen LogP contribution in [0.5, 0.6) is 5.75 Å². The van der Waals surface area contributed by atoms with Crippen LogP contribution in [0, 0.1) is 6.92 Å². The molecule has 1 aliphatic rings. The van der Waals surface area contributed by atoms with Gasteiger partial charge in [-0.15, -0.1) is 0 Å². The number of sulfonamides is 1. The molecule has 9 heteroatoms. The zero-order valence-corrected chi connectivity index (χ0v) is 21.6. The van der Waals surface area contributed by atoms with Crippen molar-refractivity contribution in [1.82, 2.24) is 9.62 Å². The lowest BCUT2D eigenvalue weighted by Crippen LogP contribution is -2.35. The lowest BCUT2D eigenvalue weighted by Gasteiger charge is -2.24. The average molecular weight is 503 g/mol. The summed E-state index contributed by atoms with van der Waals surface area (Å²) in [6, 6.07) is 12.5. The second-order valence-corrected chi connectivity index (χ2v) is 10.7. The van der Waals surface area contributed by atoms with Gasteiger partial charge in [-0.25, -0.2) is 8.42 Å². The first-order valence-corrected chi connectivity index (χ1v) is 13.3. The van der Waals surface area contributed by atoms with Crippen molar-refractivity contribution in [2.45, 2.75) is 63.5 Å². The Labute approximate surface area is 207 Å². The summed E-state index contributed by atoms with van der Waals surface area (Å²) in [5.74, 6) is -0.296. The number of para-hydroxylation sites is 1. The first-order chi connectivity index (χ1) is 16.6. The highest BCUT2D eigenvalue weighted by Crippen LogP contribution is 2.33. The van der Waals surface area contributed by atoms with E-state index in [2.05, 4.69) is 5.32 Å². The summed E-state index contributed by atoms with van der Waals surface area (Å²) in [5, 5.41) is 2.61. The van der Waals surface area contributed by atoms with E-state index in [4.69, 9.17) is 9.47 Å². The number of amides is 1. The number of carbonyl (C=O) groups excluding carboxylic acids is 2. The van der Waals surface area contributed by atoms with Crippen molar-refractivity contribution in [3.63, 3.8) is 0 Å². The zero-order chi connectivity index (χ0) is 25.6. The van der Waals surface area contributed by atoms with E-state index in [1.807, 2.05) is 32.0 Å². The summed E-state index contributed by atoms with van der Waals surface area (Å²) < 4.78 is 39.4. The van der Waals surface area contributed by atoms with Crippen LogP contribution in [-0.4, -0.2) is 50.9 Å². The van der Waals surface area contributed by atoms with E-state index < -0.39 is 10.0 Å². The molecule has 1 aliphatic heterocycles. The molecule has 190 valence electrons. The summed E-state index contributed by atoms with van der Waals surface area (Å²) in [5.41, 5.74) is 2.65. The summed E-state index contributed by atoms with van der Waals surface area (Å²) in [6.45, 7) is 6.21. The maximum Gasteiger partial charge on any atom is 0.306 e. The molecule has 0 saturated heterocycles. The number of rotatable bonds is 9. The van der Waals surface area contributed by atoms with Crippen LogP contribution in [0.4, 0.5) is 0 Å². The maximum atomic E-state index is 13.5. The van der Waals surface area contributed by atoms with Gasteiger partial charge in [0.25, 0.3) is 0 Å². The predicted molar refractivity (Wildman–Crippen MR) is 133 cm³/mol. The minimum absolute atomic E-state index is 0.102. The van der Waals surface area contributed by atoms with Crippen molar-refractivity contribution in [2.75, 3.05) is 20.2 Å². The topological polar surface area (TPSA) is 102 Å². The van der Waals surface area contributed by atoms with Crippen LogP contribution >= 0.6 is 0 Å². The molecule has 0 spiro atoms. The zero-order valence-electron chi connectivity index (χ0n) is 20.7. The Morgan fingerprint density at radius 2 is 1.97 bits per heavy atom. The molecule has 0 aromatic heterocycles. The van der Waals surface area contributed by atoms with Crippen LogP contribution in [0.3, 0.4) is 0 Å². The molecule has 1 N–H and O–H groups in total. The van der Waals surface area contributed by atoms with Gasteiger partial charge in [-0.1, -0.05) is 30.3 Å². The van der Waals surface area contributed by atoms with Crippen molar-refractivity contribution in [2.24, 2.45) is 0 Å². The molecule has 2 aromatic rings. The second-order valence-electron chi connectivity index (χ2n) is 8.78. The highest BCUT2D eigenvalue weighted by molar-refractivity contribution is 7.89. The normalized spacial score (nSPS) is 18.0. The molecular weight excluding hydrogens is 468 g/mol. The van der Waals surface area contributed by atoms with Gasteiger partial charge in [0.2, 0.25) is 15.9 Å². The smallest absolute Gasteiger partial charge is 0.306 e. The molecule has 2 aromatic carbocycles. The first kappa shape index (κ1) is 26.7. The predicted octanol–water partition coefficient (Wildman–Crippen LogP) is 3.53. The third-order valence-electron chi connectivity index (χ3n) is 6.16. The summed E-state index contributed by atoms with van der Waals surface area (Å²) in [7, 11) is -2.19. The van der Waals surface area contributed by atoms with Crippen LogP contribution in [0.1, 0.15) is 55.7 Å². The Bertz CT molecular complexity index is 1160. The molecule has 0 radical (unpaired) electrons. The Morgan fingerprint density at radius 1 is 1.23 bits per heavy atom. The van der Waals surface area contributed by atoms with Crippen LogP contribution in [0.2, 0.25) is 0 Å². The Hall–Kier alpha value is -2.91. The van der Waals surface area contributed by atoms with Gasteiger partial charge in [-0.2, -0.15) is 4.31 Å². The highest BCUT2D eigenvalue weighted by atomic mass is 32.2. The van der Waals surface area contributed by atoms with E-state index in [0.717, 1.165) is 16.7 Å². The number of ether oxygens (including phenoxy) is 2. The molecule has 0 bridgehead atoms. The fraction of sp³-hybridized carbons (Fsp3) is 0.462. The molecule has 2 atom stereocenters. The number of nitrogens with one attached hydrogen (secondary N) is 1. The minimum Gasteiger partial charge on any atom is -0.488 e. The number of hydrogen-bond donors (Lipinski definition) is 1. The number of esters is 1. The fourth-order valence-electron chi connectivity index (χ4n) is 4.23. The van der Waals surface area contributed by atoms with Gasteiger partial charge < -0.3 is 14.8 Å². The molecule has 0 aliphatic carbocycles. The number of fused-ring (bicyclic) bond motifs is 1. The fourth-order valence-corrected chi connectivity index (χ4v) is 5.85. The number of benzene rings is 2. The summed E-state index contributed by atoms with van der Waals surface area (Å²) in [6.07, 6.45) is 0.575. The number of nitrogens with zero attached hydrogens (tertiary/aromatic N) is 1. The molecule has 1 amide bonds. The largest absolute Gasteiger partial charge is 0.488 e. The monoisotopic (exact) mass is 502 g/mol. The SMILES string of the molecule is CCOC(=O)CC(CCC(=O)NC)c1ccc(C)c(CN2C[C@H](C)Oc3ccccc3S2(=O)=O)c1. The van der Waals surface area contributed by atoms with Gasteiger partial charge in [-0.3, -0.25) is 9.59 Å². The minimum atomic E-state index is -3.77. The lowest BCUT2D eigenvalue weighted by molar-refractivity contribution is -0.143. The summed E-state index contributed by atoms with van der Waals surface area (Å²) in [4.78, 5) is 24.3. The molecule has 0 fully saturated rings. The standard InChI is InChI=1S/C26H34N2O6S/c1-5-33-26(30)15-21(12-13-25(29)27-4)20-11-10-18(2)22(14-20)17-28-16-19(3)34-23-8-6-7-9-24(23)35(28,31)32/h6-11,14,19,21H,5,12-13,15-17H2,1-4H3,(H,27,29)/t19-,21?/m0/s1. The van der Waals surface area contributed by atoms with Gasteiger partial charge in [0.05, 0.1) is 19.6 Å². The Morgan fingerprint density at radius 3 is 2.69 bits per heavy atom. The molecule has 3 rings (SSSR count). The molecule has 35 heavy (non-hydrogen) atoms. The third-order valence-corrected chi connectivity index (χ3v) is 8.02. The Kier molecular flexibility index (Phi) is 8.91. The van der Waals surface area contributed by atoms with E-state index in [1.54, 1.807) is 38.2 Å². The van der Waals surface area contributed by atoms with Crippen LogP contribution in [0.25, 0.3) is 0 Å². The van der Waals surface area contributed by atoms with Crippen molar-refractivity contribution < 1.29 is 27.5 Å². The number of carbonyl (C=O) groups is 2. The van der Waals surface area contributed by atoms with E-state index in [-0.39, 0.29) is 61.3 Å². The van der Waals surface area contributed by atoms with Gasteiger partial charge in [0.1, 0.15) is 16.7 Å². The van der Waals surface area contributed by atoms with E-state index in [0.29, 0.717) is 12.2 Å². The van der Waals surface area contributed by atoms with Crippen LogP contribution in [-0.2, 0) is 30.9 Å². The van der Waals surface area contributed by atoms with E-state index in [9.17, 15) is 18.0 Å². The highest BCUT2D eigenvalue weighted by Gasteiger charge is 2.33. The van der Waals surface area contributed by atoms with Crippen molar-refractivity contribution in [1.29, 1.82) is 0 Å². The molecular formula is C26H34N2O6S. The van der Waals surface area contributed by atoms with Gasteiger partial charge in [0.15, 0.2) is 0 Å². The first-order valence-electron chi connectivity index (χ1n) is 11.9. The quantitative estimate of drug-likeness (QED) is 0.527. The molecule has 1 unspecified atom stereocenters. The molecule has 1 heterocycles. The lowest BCUT2D eigenvalue weighted by atomic mass is 9.89. The second kappa shape index (κ2) is 11.7. The number of aryl methyl sites for hydroxylation is 1. The average Bonchev–Trinajstić information content (AvgIpc) is 2.91. The molecule has 0 saturated carbocycles. The van der Waals surface area contributed by atoms with Gasteiger partial charge >= 0.3 is 5.97 Å².